The predicted octanol–water partition coefficient (Wildman–Crippen LogP) is 3.08. The summed E-state index contributed by atoms with van der Waals surface area (Å²) in [5.74, 6) is 0.156. The second-order valence-electron chi connectivity index (χ2n) is 4.64. The first-order valence-corrected chi connectivity index (χ1v) is 7.37. The van der Waals surface area contributed by atoms with Crippen LogP contribution in [-0.2, 0) is 4.74 Å². The summed E-state index contributed by atoms with van der Waals surface area (Å²) < 4.78 is 6.06. The fourth-order valence-corrected chi connectivity index (χ4v) is 3.39. The number of hydrogen-bond donors (Lipinski definition) is 0. The van der Waals surface area contributed by atoms with Gasteiger partial charge in [0.2, 0.25) is 0 Å². The number of rotatable bonds is 4. The minimum Gasteiger partial charge on any atom is -0.380 e. The number of ether oxygens (including phenoxy) is 1. The Balaban J connectivity index is 2.02. The van der Waals surface area contributed by atoms with Gasteiger partial charge >= 0.3 is 0 Å². The summed E-state index contributed by atoms with van der Waals surface area (Å²) in [6, 6.07) is 3.49. The zero-order valence-corrected chi connectivity index (χ0v) is 12.3. The Morgan fingerprint density at radius 2 is 2.39 bits per heavy atom. The van der Waals surface area contributed by atoms with E-state index in [-0.39, 0.29) is 17.9 Å². The SMILES string of the molecule is COC1CCCN(C(C)C(=O)c2ccc(Cl)s2)C1. The van der Waals surface area contributed by atoms with E-state index in [9.17, 15) is 4.79 Å². The Hall–Kier alpha value is -0.420. The third kappa shape index (κ3) is 3.12. The van der Waals surface area contributed by atoms with Crippen LogP contribution in [0.3, 0.4) is 0 Å². The molecule has 0 radical (unpaired) electrons. The van der Waals surface area contributed by atoms with Gasteiger partial charge in [-0.1, -0.05) is 11.6 Å². The largest absolute Gasteiger partial charge is 0.380 e. The van der Waals surface area contributed by atoms with Crippen LogP contribution in [0.5, 0.6) is 0 Å². The Kier molecular flexibility index (Phi) is 4.78. The van der Waals surface area contributed by atoms with Gasteiger partial charge in [0.25, 0.3) is 0 Å². The molecule has 0 aromatic carbocycles. The molecule has 0 bridgehead atoms. The van der Waals surface area contributed by atoms with Crippen molar-refractivity contribution in [2.75, 3.05) is 20.2 Å². The fraction of sp³-hybridized carbons (Fsp3) is 0.615. The molecule has 0 N–H and O–H groups in total. The lowest BCUT2D eigenvalue weighted by Gasteiger charge is -2.35. The molecule has 18 heavy (non-hydrogen) atoms. The Bertz CT molecular complexity index is 421. The van der Waals surface area contributed by atoms with Crippen LogP contribution in [0, 0.1) is 0 Å². The van der Waals surface area contributed by atoms with Crippen LogP contribution in [0.2, 0.25) is 4.34 Å². The van der Waals surface area contributed by atoms with Crippen molar-refractivity contribution in [1.29, 1.82) is 0 Å². The summed E-state index contributed by atoms with van der Waals surface area (Å²) in [4.78, 5) is 15.3. The van der Waals surface area contributed by atoms with Crippen molar-refractivity contribution < 1.29 is 9.53 Å². The lowest BCUT2D eigenvalue weighted by Crippen LogP contribution is -2.47. The van der Waals surface area contributed by atoms with E-state index in [1.807, 2.05) is 13.0 Å². The highest BCUT2D eigenvalue weighted by atomic mass is 35.5. The summed E-state index contributed by atoms with van der Waals surface area (Å²) in [7, 11) is 1.74. The van der Waals surface area contributed by atoms with Crippen molar-refractivity contribution in [3.63, 3.8) is 0 Å². The van der Waals surface area contributed by atoms with Crippen LogP contribution in [0.4, 0.5) is 0 Å². The number of halogens is 1. The predicted molar refractivity (Wildman–Crippen MR) is 74.7 cm³/mol. The van der Waals surface area contributed by atoms with Gasteiger partial charge in [-0.2, -0.15) is 0 Å². The maximum absolute atomic E-state index is 12.3. The molecule has 100 valence electrons. The van der Waals surface area contributed by atoms with Crippen LogP contribution in [-0.4, -0.2) is 43.0 Å². The summed E-state index contributed by atoms with van der Waals surface area (Å²) in [6.45, 7) is 3.77. The molecule has 5 heteroatoms. The van der Waals surface area contributed by atoms with E-state index in [1.54, 1.807) is 13.2 Å². The average Bonchev–Trinajstić information content (AvgIpc) is 2.83. The number of carbonyl (C=O) groups is 1. The first kappa shape index (κ1) is 14.0. The van der Waals surface area contributed by atoms with Gasteiger partial charge in [0.15, 0.2) is 5.78 Å². The molecule has 2 atom stereocenters. The van der Waals surface area contributed by atoms with E-state index in [1.165, 1.54) is 11.3 Å². The number of Topliss-reactive ketones (excluding diaryl/α,β-unsaturated/α-hetero) is 1. The van der Waals surface area contributed by atoms with Gasteiger partial charge < -0.3 is 4.74 Å². The monoisotopic (exact) mass is 287 g/mol. The number of methoxy groups -OCH3 is 1. The Morgan fingerprint density at radius 3 is 3.00 bits per heavy atom. The lowest BCUT2D eigenvalue weighted by molar-refractivity contribution is 0.0183. The second-order valence-corrected chi connectivity index (χ2v) is 6.35. The average molecular weight is 288 g/mol. The number of piperidine rings is 1. The minimum absolute atomic E-state index is 0.0994. The molecule has 1 aliphatic heterocycles. The van der Waals surface area contributed by atoms with Gasteiger partial charge in [-0.3, -0.25) is 9.69 Å². The molecule has 2 unspecified atom stereocenters. The highest BCUT2D eigenvalue weighted by Gasteiger charge is 2.28. The Labute approximate surface area is 117 Å². The van der Waals surface area contributed by atoms with E-state index in [0.29, 0.717) is 4.34 Å². The van der Waals surface area contributed by atoms with Gasteiger partial charge in [-0.05, 0) is 38.4 Å². The number of hydrogen-bond acceptors (Lipinski definition) is 4. The summed E-state index contributed by atoms with van der Waals surface area (Å²) in [5, 5.41) is 0. The van der Waals surface area contributed by atoms with Gasteiger partial charge in [-0.25, -0.2) is 0 Å². The van der Waals surface area contributed by atoms with E-state index < -0.39 is 0 Å². The van der Waals surface area contributed by atoms with E-state index in [0.717, 1.165) is 30.8 Å². The van der Waals surface area contributed by atoms with Crippen molar-refractivity contribution in [3.8, 4) is 0 Å². The maximum Gasteiger partial charge on any atom is 0.189 e. The normalized spacial score (nSPS) is 22.9. The second kappa shape index (κ2) is 6.15. The molecule has 0 amide bonds. The molecule has 0 saturated carbocycles. The van der Waals surface area contributed by atoms with Crippen LogP contribution in [0.1, 0.15) is 29.4 Å². The zero-order chi connectivity index (χ0) is 13.1. The quantitative estimate of drug-likeness (QED) is 0.797. The number of likely N-dealkylation sites (tertiary alicyclic amines) is 1. The highest BCUT2D eigenvalue weighted by molar-refractivity contribution is 7.18. The molecule has 1 fully saturated rings. The number of nitrogens with zero attached hydrogens (tertiary/aromatic N) is 1. The van der Waals surface area contributed by atoms with Gasteiger partial charge in [-0.15, -0.1) is 11.3 Å². The minimum atomic E-state index is -0.0994. The van der Waals surface area contributed by atoms with Crippen molar-refractivity contribution in [2.24, 2.45) is 0 Å². The lowest BCUT2D eigenvalue weighted by atomic mass is 10.0. The number of thiophene rings is 1. The van der Waals surface area contributed by atoms with E-state index in [4.69, 9.17) is 16.3 Å². The zero-order valence-electron chi connectivity index (χ0n) is 10.7. The first-order chi connectivity index (χ1) is 8.61. The third-order valence-corrected chi connectivity index (χ3v) is 4.73. The van der Waals surface area contributed by atoms with Gasteiger partial charge in [0.05, 0.1) is 21.4 Å². The molecule has 0 spiro atoms. The van der Waals surface area contributed by atoms with E-state index >= 15 is 0 Å². The molecular weight excluding hydrogens is 270 g/mol. The van der Waals surface area contributed by atoms with Crippen LogP contribution >= 0.6 is 22.9 Å². The molecule has 2 heterocycles. The van der Waals surface area contributed by atoms with Gasteiger partial charge in [0.1, 0.15) is 0 Å². The molecule has 1 aromatic rings. The van der Waals surface area contributed by atoms with Gasteiger partial charge in [0, 0.05) is 13.7 Å². The number of carbonyl (C=O) groups excluding carboxylic acids is 1. The Morgan fingerprint density at radius 1 is 1.61 bits per heavy atom. The van der Waals surface area contributed by atoms with Crippen molar-refractivity contribution in [2.45, 2.75) is 31.9 Å². The molecule has 1 aliphatic rings. The smallest absolute Gasteiger partial charge is 0.189 e. The molecule has 3 nitrogen and oxygen atoms in total. The van der Waals surface area contributed by atoms with E-state index in [2.05, 4.69) is 4.90 Å². The topological polar surface area (TPSA) is 29.5 Å². The summed E-state index contributed by atoms with van der Waals surface area (Å²) >= 11 is 7.23. The fourth-order valence-electron chi connectivity index (χ4n) is 2.33. The van der Waals surface area contributed by atoms with Crippen LogP contribution in [0.25, 0.3) is 0 Å². The maximum atomic E-state index is 12.3. The highest BCUT2D eigenvalue weighted by Crippen LogP contribution is 2.24. The summed E-state index contributed by atoms with van der Waals surface area (Å²) in [6.07, 6.45) is 2.42. The third-order valence-electron chi connectivity index (χ3n) is 3.49. The van der Waals surface area contributed by atoms with Crippen molar-refractivity contribution >= 4 is 28.7 Å². The van der Waals surface area contributed by atoms with Crippen LogP contribution in [0.15, 0.2) is 12.1 Å². The molecule has 1 aromatic heterocycles. The van der Waals surface area contributed by atoms with Crippen LogP contribution < -0.4 is 0 Å². The van der Waals surface area contributed by atoms with Crippen molar-refractivity contribution in [1.82, 2.24) is 4.90 Å². The summed E-state index contributed by atoms with van der Waals surface area (Å²) in [5.41, 5.74) is 0. The molecule has 2 rings (SSSR count). The first-order valence-electron chi connectivity index (χ1n) is 6.18. The number of ketones is 1. The standard InChI is InChI=1S/C13H18ClNO2S/c1-9(13(16)11-5-6-12(14)18-11)15-7-3-4-10(8-15)17-2/h5-6,9-10H,3-4,7-8H2,1-2H3. The molecule has 0 aliphatic carbocycles. The van der Waals surface area contributed by atoms with Crippen molar-refractivity contribution in [3.05, 3.63) is 21.3 Å². The molecule has 1 saturated heterocycles. The molecular formula is C13H18ClNO2S.